The monoisotopic (exact) mass is 320 g/mol. The van der Waals surface area contributed by atoms with E-state index in [4.69, 9.17) is 4.42 Å². The SMILES string of the molecule is O=C1CSC(c2ccncc2)N1CCSCc1ccco1. The Kier molecular flexibility index (Phi) is 4.87. The Morgan fingerprint density at radius 2 is 2.24 bits per heavy atom. The van der Waals surface area contributed by atoms with E-state index in [0.29, 0.717) is 5.75 Å². The maximum absolute atomic E-state index is 12.0. The molecule has 1 amide bonds. The second-order valence-electron chi connectivity index (χ2n) is 4.66. The van der Waals surface area contributed by atoms with Crippen molar-refractivity contribution in [3.63, 3.8) is 0 Å². The van der Waals surface area contributed by atoms with E-state index in [9.17, 15) is 4.79 Å². The Morgan fingerprint density at radius 3 is 3.00 bits per heavy atom. The molecule has 0 N–H and O–H groups in total. The van der Waals surface area contributed by atoms with Gasteiger partial charge in [0.1, 0.15) is 11.1 Å². The van der Waals surface area contributed by atoms with Crippen molar-refractivity contribution in [2.45, 2.75) is 11.1 Å². The Balaban J connectivity index is 1.54. The highest BCUT2D eigenvalue weighted by atomic mass is 32.2. The van der Waals surface area contributed by atoms with Gasteiger partial charge in [0.2, 0.25) is 5.91 Å². The molecule has 1 aliphatic heterocycles. The fourth-order valence-electron chi connectivity index (χ4n) is 2.23. The predicted molar refractivity (Wildman–Crippen MR) is 86.0 cm³/mol. The van der Waals surface area contributed by atoms with E-state index in [1.807, 2.05) is 29.2 Å². The third-order valence-corrected chi connectivity index (χ3v) is 5.48. The van der Waals surface area contributed by atoms with Crippen LogP contribution in [0.5, 0.6) is 0 Å². The van der Waals surface area contributed by atoms with Crippen molar-refractivity contribution >= 4 is 29.4 Å². The van der Waals surface area contributed by atoms with E-state index in [1.54, 1.807) is 42.2 Å². The first-order valence-electron chi connectivity index (χ1n) is 6.76. The quantitative estimate of drug-likeness (QED) is 0.765. The molecule has 1 saturated heterocycles. The maximum atomic E-state index is 12.0. The van der Waals surface area contributed by atoms with Gasteiger partial charge in [0, 0.05) is 24.7 Å². The number of thioether (sulfide) groups is 2. The summed E-state index contributed by atoms with van der Waals surface area (Å²) in [6.45, 7) is 0.768. The van der Waals surface area contributed by atoms with Crippen molar-refractivity contribution in [2.75, 3.05) is 18.1 Å². The number of furan rings is 1. The summed E-state index contributed by atoms with van der Waals surface area (Å²) in [5.41, 5.74) is 1.15. The van der Waals surface area contributed by atoms with E-state index < -0.39 is 0 Å². The first kappa shape index (κ1) is 14.5. The van der Waals surface area contributed by atoms with Gasteiger partial charge in [0.25, 0.3) is 0 Å². The molecule has 1 aliphatic rings. The summed E-state index contributed by atoms with van der Waals surface area (Å²) >= 11 is 3.48. The minimum Gasteiger partial charge on any atom is -0.468 e. The average molecular weight is 320 g/mol. The molecule has 0 radical (unpaired) electrons. The van der Waals surface area contributed by atoms with Crippen molar-refractivity contribution in [1.82, 2.24) is 9.88 Å². The number of pyridine rings is 1. The minimum atomic E-state index is 0.129. The summed E-state index contributed by atoms with van der Waals surface area (Å²) in [6, 6.07) is 7.85. The smallest absolute Gasteiger partial charge is 0.233 e. The summed E-state index contributed by atoms with van der Waals surface area (Å²) < 4.78 is 5.30. The van der Waals surface area contributed by atoms with Gasteiger partial charge in [-0.3, -0.25) is 9.78 Å². The highest BCUT2D eigenvalue weighted by molar-refractivity contribution is 8.00. The second kappa shape index (κ2) is 7.04. The summed E-state index contributed by atoms with van der Waals surface area (Å²) in [5, 5.41) is 0.129. The molecule has 0 saturated carbocycles. The van der Waals surface area contributed by atoms with Crippen molar-refractivity contribution in [2.24, 2.45) is 0 Å². The van der Waals surface area contributed by atoms with Crippen molar-refractivity contribution in [3.05, 3.63) is 54.2 Å². The number of carbonyl (C=O) groups excluding carboxylic acids is 1. The van der Waals surface area contributed by atoms with Crippen LogP contribution in [0.15, 0.2) is 47.3 Å². The standard InChI is InChI=1S/C15H16N2O2S2/c18-14-11-21-15(12-3-5-16-6-4-12)17(14)7-9-20-10-13-2-1-8-19-13/h1-6,8,15H,7,9-11H2. The van der Waals surface area contributed by atoms with Gasteiger partial charge in [-0.05, 0) is 29.8 Å². The molecule has 3 heterocycles. The molecule has 0 aliphatic carbocycles. The number of aromatic nitrogens is 1. The Hall–Kier alpha value is -1.40. The summed E-state index contributed by atoms with van der Waals surface area (Å²) in [7, 11) is 0. The molecule has 2 aromatic heterocycles. The lowest BCUT2D eigenvalue weighted by molar-refractivity contribution is -0.127. The second-order valence-corrected chi connectivity index (χ2v) is 6.84. The van der Waals surface area contributed by atoms with E-state index in [-0.39, 0.29) is 11.3 Å². The van der Waals surface area contributed by atoms with Gasteiger partial charge < -0.3 is 9.32 Å². The number of carbonyl (C=O) groups is 1. The van der Waals surface area contributed by atoms with Crippen LogP contribution in [0.2, 0.25) is 0 Å². The zero-order valence-electron chi connectivity index (χ0n) is 11.5. The van der Waals surface area contributed by atoms with Crippen molar-refractivity contribution in [3.8, 4) is 0 Å². The van der Waals surface area contributed by atoms with Crippen LogP contribution in [0, 0.1) is 0 Å². The molecule has 4 nitrogen and oxygen atoms in total. The first-order chi connectivity index (χ1) is 10.3. The van der Waals surface area contributed by atoms with Gasteiger partial charge in [-0.2, -0.15) is 11.8 Å². The Morgan fingerprint density at radius 1 is 1.38 bits per heavy atom. The molecule has 21 heavy (non-hydrogen) atoms. The summed E-state index contributed by atoms with van der Waals surface area (Å²) in [4.78, 5) is 18.0. The number of rotatable bonds is 6. The zero-order chi connectivity index (χ0) is 14.5. The van der Waals surface area contributed by atoms with Crippen molar-refractivity contribution < 1.29 is 9.21 Å². The number of amides is 1. The van der Waals surface area contributed by atoms with Crippen LogP contribution in [0.25, 0.3) is 0 Å². The largest absolute Gasteiger partial charge is 0.468 e. The number of hydrogen-bond donors (Lipinski definition) is 0. The molecule has 0 spiro atoms. The Labute approximate surface area is 132 Å². The van der Waals surface area contributed by atoms with Gasteiger partial charge in [-0.15, -0.1) is 11.8 Å². The molecule has 1 atom stereocenters. The van der Waals surface area contributed by atoms with Gasteiger partial charge in [-0.1, -0.05) is 0 Å². The molecule has 1 fully saturated rings. The van der Waals surface area contributed by atoms with Crippen LogP contribution in [-0.4, -0.2) is 33.8 Å². The molecule has 0 aromatic carbocycles. The normalized spacial score (nSPS) is 18.4. The lowest BCUT2D eigenvalue weighted by atomic mass is 10.2. The van der Waals surface area contributed by atoms with Crippen molar-refractivity contribution in [1.29, 1.82) is 0 Å². The lowest BCUT2D eigenvalue weighted by Crippen LogP contribution is -2.30. The third kappa shape index (κ3) is 3.63. The number of hydrogen-bond acceptors (Lipinski definition) is 5. The van der Waals surface area contributed by atoms with Crippen LogP contribution in [0.1, 0.15) is 16.7 Å². The van der Waals surface area contributed by atoms with E-state index >= 15 is 0 Å². The summed E-state index contributed by atoms with van der Waals surface area (Å²) in [5.74, 6) is 3.53. The maximum Gasteiger partial charge on any atom is 0.233 e. The predicted octanol–water partition coefficient (Wildman–Crippen LogP) is 3.18. The van der Waals surface area contributed by atoms with E-state index in [0.717, 1.165) is 29.4 Å². The van der Waals surface area contributed by atoms with Gasteiger partial charge in [0.15, 0.2) is 0 Å². The fraction of sp³-hybridized carbons (Fsp3) is 0.333. The van der Waals surface area contributed by atoms with Gasteiger partial charge >= 0.3 is 0 Å². The van der Waals surface area contributed by atoms with Crippen LogP contribution >= 0.6 is 23.5 Å². The topological polar surface area (TPSA) is 46.3 Å². The lowest BCUT2D eigenvalue weighted by Gasteiger charge is -2.23. The highest BCUT2D eigenvalue weighted by Gasteiger charge is 2.32. The highest BCUT2D eigenvalue weighted by Crippen LogP contribution is 2.38. The fourth-order valence-corrected chi connectivity index (χ4v) is 4.28. The molecule has 2 aromatic rings. The molecular formula is C15H16N2O2S2. The third-order valence-electron chi connectivity index (χ3n) is 3.26. The first-order valence-corrected chi connectivity index (χ1v) is 8.96. The van der Waals surface area contributed by atoms with Gasteiger partial charge in [-0.25, -0.2) is 0 Å². The van der Waals surface area contributed by atoms with Crippen LogP contribution < -0.4 is 0 Å². The van der Waals surface area contributed by atoms with E-state index in [1.165, 1.54) is 0 Å². The zero-order valence-corrected chi connectivity index (χ0v) is 13.1. The van der Waals surface area contributed by atoms with Crippen LogP contribution in [0.3, 0.4) is 0 Å². The molecule has 1 unspecified atom stereocenters. The minimum absolute atomic E-state index is 0.129. The number of nitrogens with zero attached hydrogens (tertiary/aromatic N) is 2. The molecule has 6 heteroatoms. The van der Waals surface area contributed by atoms with Gasteiger partial charge in [0.05, 0.1) is 17.8 Å². The summed E-state index contributed by atoms with van der Waals surface area (Å²) in [6.07, 6.45) is 5.25. The molecular weight excluding hydrogens is 304 g/mol. The molecule has 3 rings (SSSR count). The van der Waals surface area contributed by atoms with E-state index in [2.05, 4.69) is 4.98 Å². The Bertz CT molecular complexity index is 575. The molecule has 0 bridgehead atoms. The molecule has 110 valence electrons. The average Bonchev–Trinajstić information content (AvgIpc) is 3.15. The van der Waals surface area contributed by atoms with Crippen LogP contribution in [0.4, 0.5) is 0 Å². The van der Waals surface area contributed by atoms with Crippen LogP contribution in [-0.2, 0) is 10.5 Å².